The van der Waals surface area contributed by atoms with Crippen molar-refractivity contribution in [2.45, 2.75) is 44.2 Å². The van der Waals surface area contributed by atoms with E-state index >= 15 is 0 Å². The minimum atomic E-state index is -1.37. The van der Waals surface area contributed by atoms with Crippen LogP contribution in [0.25, 0.3) is 22.4 Å². The van der Waals surface area contributed by atoms with E-state index in [1.165, 1.54) is 6.42 Å². The lowest BCUT2D eigenvalue weighted by Crippen LogP contribution is -2.68. The predicted molar refractivity (Wildman–Crippen MR) is 172 cm³/mol. The van der Waals surface area contributed by atoms with Crippen LogP contribution in [-0.2, 0) is 4.74 Å². The Kier molecular flexibility index (Phi) is 8.93. The first-order chi connectivity index (χ1) is 21.7. The second kappa shape index (κ2) is 12.9. The quantitative estimate of drug-likeness (QED) is 0.132. The highest BCUT2D eigenvalue weighted by Gasteiger charge is 2.60. The van der Waals surface area contributed by atoms with Crippen LogP contribution in [0.5, 0.6) is 11.5 Å². The lowest BCUT2D eigenvalue weighted by molar-refractivity contribution is -0.191. The number of aromatic nitrogens is 1. The van der Waals surface area contributed by atoms with Crippen molar-refractivity contribution in [3.63, 3.8) is 0 Å². The van der Waals surface area contributed by atoms with Crippen molar-refractivity contribution in [3.8, 4) is 33.9 Å². The summed E-state index contributed by atoms with van der Waals surface area (Å²) in [6.45, 7) is 1.37. The third kappa shape index (κ3) is 6.33. The first-order valence-electron chi connectivity index (χ1n) is 15.6. The molecule has 0 saturated heterocycles. The monoisotopic (exact) mass is 633 g/mol. The van der Waals surface area contributed by atoms with E-state index in [1.807, 2.05) is 56.6 Å². The van der Waals surface area contributed by atoms with E-state index in [4.69, 9.17) is 30.8 Å². The van der Waals surface area contributed by atoms with Gasteiger partial charge in [-0.3, -0.25) is 4.79 Å². The Labute approximate surface area is 268 Å². The van der Waals surface area contributed by atoms with Gasteiger partial charge < -0.3 is 29.5 Å². The van der Waals surface area contributed by atoms with Crippen molar-refractivity contribution in [2.24, 2.45) is 23.7 Å². The number of para-hydroxylation sites is 1. The fourth-order valence-electron chi connectivity index (χ4n) is 7.88. The third-order valence-electron chi connectivity index (χ3n) is 9.65. The van der Waals surface area contributed by atoms with Gasteiger partial charge in [0, 0.05) is 35.1 Å². The summed E-state index contributed by atoms with van der Waals surface area (Å²) in [5.74, 6) is 1.74. The largest absolute Gasteiger partial charge is 0.507 e. The maximum atomic E-state index is 14.0. The molecule has 2 aromatic carbocycles. The molecule has 4 aliphatic carbocycles. The molecule has 10 heteroatoms. The highest BCUT2D eigenvalue weighted by molar-refractivity contribution is 6.32. The Hall–Kier alpha value is -3.82. The molecule has 0 radical (unpaired) electrons. The van der Waals surface area contributed by atoms with Gasteiger partial charge in [0.25, 0.3) is 5.91 Å². The Morgan fingerprint density at radius 1 is 0.978 bits per heavy atom. The van der Waals surface area contributed by atoms with E-state index in [1.54, 1.807) is 19.2 Å². The molecule has 4 fully saturated rings. The minimum Gasteiger partial charge on any atom is -0.496 e. The van der Waals surface area contributed by atoms with Gasteiger partial charge in [-0.2, -0.15) is 0 Å². The number of pyridine rings is 1. The molecule has 4 bridgehead atoms. The number of halogens is 1. The van der Waals surface area contributed by atoms with E-state index in [0.717, 1.165) is 49.8 Å². The van der Waals surface area contributed by atoms with Crippen LogP contribution in [0.2, 0.25) is 5.02 Å². The molecular weight excluding hydrogens is 594 g/mol. The predicted octanol–water partition coefficient (Wildman–Crippen LogP) is 6.98. The number of amides is 1. The molecule has 2 N–H and O–H groups in total. The summed E-state index contributed by atoms with van der Waals surface area (Å²) < 4.78 is 17.4. The molecule has 0 unspecified atom stereocenters. The van der Waals surface area contributed by atoms with Crippen molar-refractivity contribution < 1.29 is 28.9 Å². The van der Waals surface area contributed by atoms with Crippen molar-refractivity contribution in [1.29, 1.82) is 0 Å². The molecule has 3 aromatic rings. The average molecular weight is 634 g/mol. The van der Waals surface area contributed by atoms with Crippen LogP contribution in [-0.4, -0.2) is 67.1 Å². The molecule has 1 aromatic heterocycles. The van der Waals surface area contributed by atoms with Crippen molar-refractivity contribution in [2.75, 3.05) is 34.4 Å². The maximum absolute atomic E-state index is 14.0. The molecule has 0 spiro atoms. The van der Waals surface area contributed by atoms with E-state index < -0.39 is 17.8 Å². The first kappa shape index (κ1) is 31.2. The normalized spacial score (nSPS) is 24.8. The smallest absolute Gasteiger partial charge is 0.496 e. The number of carbonyl (C=O) groups excluding carboxylic acids is 1. The lowest BCUT2D eigenvalue weighted by atomic mass is 9.52. The number of hydrogen-bond donors (Lipinski definition) is 2. The number of nitrogens with zero attached hydrogens (tertiary/aromatic N) is 2. The number of carbonyl (C=O) groups is 2. The molecule has 45 heavy (non-hydrogen) atoms. The van der Waals surface area contributed by atoms with E-state index in [0.29, 0.717) is 46.2 Å². The molecule has 1 amide bonds. The Balaban J connectivity index is 1.37. The number of methoxy groups -OCH3 is 1. The Bertz CT molecular complexity index is 1550. The number of rotatable bonds is 11. The number of carboxylic acid groups (broad SMARTS) is 1. The minimum absolute atomic E-state index is 0.0513. The molecule has 4 aliphatic rings. The molecule has 0 atom stereocenters. The number of hydrogen-bond acceptors (Lipinski definition) is 7. The van der Waals surface area contributed by atoms with Crippen LogP contribution < -0.4 is 14.8 Å². The van der Waals surface area contributed by atoms with Crippen LogP contribution >= 0.6 is 11.6 Å². The number of ether oxygens (including phenoxy) is 3. The molecule has 9 nitrogen and oxygen atoms in total. The van der Waals surface area contributed by atoms with Gasteiger partial charge >= 0.3 is 6.16 Å². The van der Waals surface area contributed by atoms with Crippen molar-refractivity contribution in [3.05, 3.63) is 65.3 Å². The first-order valence-corrected chi connectivity index (χ1v) is 16.0. The van der Waals surface area contributed by atoms with Crippen LogP contribution in [0.3, 0.4) is 0 Å². The van der Waals surface area contributed by atoms with Gasteiger partial charge in [0.15, 0.2) is 5.72 Å². The van der Waals surface area contributed by atoms with E-state index in [9.17, 15) is 14.7 Å². The molecular formula is C35H40ClN3O6. The summed E-state index contributed by atoms with van der Waals surface area (Å²) in [5.41, 5.74) is 1.73. The van der Waals surface area contributed by atoms with Crippen molar-refractivity contribution >= 4 is 23.7 Å². The van der Waals surface area contributed by atoms with E-state index in [2.05, 4.69) is 10.2 Å². The standard InChI is InChI=1S/C35H40ClN3O6/c1-39(2)13-6-14-44-31-20-23(9-11-28(31)36)32-27(26-7-4-5-8-30(26)43-3)10-12-29(37-32)33(40)38-35(45-34(41)42)24-16-21-15-22(18-24)19-25(35)17-21/h4-5,7-12,20-22,24-25H,6,13-19H2,1-3H3,(H,38,40)(H,41,42). The van der Waals surface area contributed by atoms with Gasteiger partial charge in [-0.15, -0.1) is 0 Å². The van der Waals surface area contributed by atoms with Gasteiger partial charge in [-0.25, -0.2) is 9.78 Å². The second-order valence-electron chi connectivity index (χ2n) is 12.9. The fraction of sp³-hybridized carbons (Fsp3) is 0.457. The fourth-order valence-corrected chi connectivity index (χ4v) is 8.05. The summed E-state index contributed by atoms with van der Waals surface area (Å²) in [6.07, 6.45) is 4.06. The lowest BCUT2D eigenvalue weighted by Gasteiger charge is -2.59. The zero-order valence-corrected chi connectivity index (χ0v) is 26.7. The zero-order chi connectivity index (χ0) is 31.7. The second-order valence-corrected chi connectivity index (χ2v) is 13.3. The third-order valence-corrected chi connectivity index (χ3v) is 9.97. The topological polar surface area (TPSA) is 110 Å². The van der Waals surface area contributed by atoms with Crippen LogP contribution in [0.1, 0.15) is 49.0 Å². The summed E-state index contributed by atoms with van der Waals surface area (Å²) in [4.78, 5) is 33.0. The molecule has 0 aliphatic heterocycles. The molecule has 4 saturated carbocycles. The van der Waals surface area contributed by atoms with Crippen molar-refractivity contribution in [1.82, 2.24) is 15.2 Å². The average Bonchev–Trinajstić information content (AvgIpc) is 3.01. The molecule has 238 valence electrons. The SMILES string of the molecule is COc1ccccc1-c1ccc(C(=O)NC2(OC(=O)O)C3CC4CC(C3)CC2C4)nc1-c1ccc(Cl)c(OCCCN(C)C)c1. The summed E-state index contributed by atoms with van der Waals surface area (Å²) in [7, 11) is 5.64. The van der Waals surface area contributed by atoms with Gasteiger partial charge in [0.2, 0.25) is 0 Å². The highest BCUT2D eigenvalue weighted by atomic mass is 35.5. The molecule has 1 heterocycles. The summed E-state index contributed by atoms with van der Waals surface area (Å²) in [5, 5.41) is 13.3. The van der Waals surface area contributed by atoms with Gasteiger partial charge in [-0.1, -0.05) is 35.9 Å². The van der Waals surface area contributed by atoms with Gasteiger partial charge in [0.1, 0.15) is 17.2 Å². The van der Waals surface area contributed by atoms with E-state index in [-0.39, 0.29) is 17.5 Å². The number of benzene rings is 2. The summed E-state index contributed by atoms with van der Waals surface area (Å²) in [6, 6.07) is 16.6. The van der Waals surface area contributed by atoms with Crippen LogP contribution in [0, 0.1) is 23.7 Å². The van der Waals surface area contributed by atoms with Gasteiger partial charge in [-0.05, 0) is 94.8 Å². The maximum Gasteiger partial charge on any atom is 0.507 e. The number of nitrogens with one attached hydrogen (secondary N) is 1. The van der Waals surface area contributed by atoms with Crippen LogP contribution in [0.4, 0.5) is 4.79 Å². The summed E-state index contributed by atoms with van der Waals surface area (Å²) >= 11 is 6.53. The Morgan fingerprint density at radius 2 is 1.69 bits per heavy atom. The highest BCUT2D eigenvalue weighted by Crippen LogP contribution is 2.58. The van der Waals surface area contributed by atoms with Crippen LogP contribution in [0.15, 0.2) is 54.6 Å². The van der Waals surface area contributed by atoms with Gasteiger partial charge in [0.05, 0.1) is 24.4 Å². The molecule has 7 rings (SSSR count). The Morgan fingerprint density at radius 3 is 2.36 bits per heavy atom. The zero-order valence-electron chi connectivity index (χ0n) is 25.9.